The monoisotopic (exact) mass is 266 g/mol. The lowest BCUT2D eigenvalue weighted by Crippen LogP contribution is -2.44. The lowest BCUT2D eigenvalue weighted by atomic mass is 9.79. The van der Waals surface area contributed by atoms with Crippen LogP contribution in [0.3, 0.4) is 0 Å². The largest absolute Gasteiger partial charge is 0.472 e. The molecule has 2 aliphatic heterocycles. The van der Waals surface area contributed by atoms with Gasteiger partial charge >= 0.3 is 0 Å². The Balaban J connectivity index is 1.72. The molecule has 2 aliphatic rings. The Kier molecular flexibility index (Phi) is 3.48. The van der Waals surface area contributed by atoms with E-state index in [9.17, 15) is 4.79 Å². The minimum absolute atomic E-state index is 0.0203. The molecule has 3 nitrogen and oxygen atoms in total. The van der Waals surface area contributed by atoms with E-state index in [2.05, 4.69) is 0 Å². The van der Waals surface area contributed by atoms with E-state index in [-0.39, 0.29) is 17.3 Å². The molecule has 4 heteroatoms. The molecule has 1 spiro atoms. The molecule has 2 fully saturated rings. The van der Waals surface area contributed by atoms with E-state index >= 15 is 0 Å². The molecule has 1 atom stereocenters. The van der Waals surface area contributed by atoms with Crippen LogP contribution in [0.15, 0.2) is 23.0 Å². The summed E-state index contributed by atoms with van der Waals surface area (Å²) in [7, 11) is 0. The van der Waals surface area contributed by atoms with Crippen molar-refractivity contribution in [2.75, 3.05) is 18.1 Å². The molecule has 0 radical (unpaired) electrons. The Morgan fingerprint density at radius 3 is 2.94 bits per heavy atom. The van der Waals surface area contributed by atoms with E-state index in [1.807, 2.05) is 11.8 Å². The third kappa shape index (κ3) is 2.36. The molecule has 98 valence electrons. The summed E-state index contributed by atoms with van der Waals surface area (Å²) < 4.78 is 11.0. The van der Waals surface area contributed by atoms with Crippen LogP contribution in [-0.2, 0) is 4.74 Å². The fourth-order valence-electron chi connectivity index (χ4n) is 2.98. The highest BCUT2D eigenvalue weighted by Gasteiger charge is 2.41. The van der Waals surface area contributed by atoms with Gasteiger partial charge in [0.1, 0.15) is 6.26 Å². The second-order valence-electron chi connectivity index (χ2n) is 5.21. The summed E-state index contributed by atoms with van der Waals surface area (Å²) in [5.41, 5.74) is 0.690. The SMILES string of the molecule is O=C(c1ccoc1)C1CCOC2(CCSCC2)C1. The standard InChI is InChI=1S/C14H18O3S/c15-13(12-1-5-16-10-12)11-2-6-17-14(9-11)3-7-18-8-4-14/h1,5,10-11H,2-4,6-9H2. The smallest absolute Gasteiger partial charge is 0.169 e. The van der Waals surface area contributed by atoms with Crippen LogP contribution >= 0.6 is 11.8 Å². The maximum atomic E-state index is 12.4. The number of hydrogen-bond donors (Lipinski definition) is 0. The van der Waals surface area contributed by atoms with Gasteiger partial charge in [-0.05, 0) is 43.3 Å². The second kappa shape index (κ2) is 5.10. The van der Waals surface area contributed by atoms with Crippen molar-refractivity contribution in [1.29, 1.82) is 0 Å². The number of thioether (sulfide) groups is 1. The Labute approximate surface area is 111 Å². The zero-order chi connectivity index (χ0) is 12.4. The second-order valence-corrected chi connectivity index (χ2v) is 6.43. The number of ketones is 1. The van der Waals surface area contributed by atoms with E-state index in [4.69, 9.17) is 9.15 Å². The van der Waals surface area contributed by atoms with Crippen molar-refractivity contribution in [3.05, 3.63) is 24.2 Å². The summed E-state index contributed by atoms with van der Waals surface area (Å²) in [6.07, 6.45) is 7.04. The number of furan rings is 1. The minimum atomic E-state index is -0.0203. The summed E-state index contributed by atoms with van der Waals surface area (Å²) in [5.74, 6) is 2.66. The molecule has 1 aromatic heterocycles. The highest BCUT2D eigenvalue weighted by molar-refractivity contribution is 7.99. The van der Waals surface area contributed by atoms with Gasteiger partial charge in [-0.2, -0.15) is 11.8 Å². The highest BCUT2D eigenvalue weighted by Crippen LogP contribution is 2.40. The molecule has 0 aliphatic carbocycles. The molecule has 3 heterocycles. The van der Waals surface area contributed by atoms with Crippen molar-refractivity contribution >= 4 is 17.5 Å². The Morgan fingerprint density at radius 2 is 2.22 bits per heavy atom. The fraction of sp³-hybridized carbons (Fsp3) is 0.643. The zero-order valence-electron chi connectivity index (χ0n) is 10.4. The summed E-state index contributed by atoms with van der Waals surface area (Å²) in [5, 5.41) is 0. The normalized spacial score (nSPS) is 27.2. The van der Waals surface area contributed by atoms with E-state index in [0.717, 1.165) is 43.8 Å². The Morgan fingerprint density at radius 1 is 1.39 bits per heavy atom. The predicted molar refractivity (Wildman–Crippen MR) is 71.0 cm³/mol. The molecular formula is C14H18O3S. The van der Waals surface area contributed by atoms with Crippen LogP contribution < -0.4 is 0 Å². The van der Waals surface area contributed by atoms with Gasteiger partial charge in [0.2, 0.25) is 0 Å². The summed E-state index contributed by atoms with van der Waals surface area (Å²) in [4.78, 5) is 12.4. The number of rotatable bonds is 2. The van der Waals surface area contributed by atoms with Gasteiger partial charge in [-0.15, -0.1) is 0 Å². The van der Waals surface area contributed by atoms with Crippen LogP contribution in [0.1, 0.15) is 36.0 Å². The molecule has 0 bridgehead atoms. The molecular weight excluding hydrogens is 248 g/mol. The third-order valence-corrected chi connectivity index (χ3v) is 5.06. The van der Waals surface area contributed by atoms with Crippen LogP contribution in [0.4, 0.5) is 0 Å². The fourth-order valence-corrected chi connectivity index (χ4v) is 4.22. The van der Waals surface area contributed by atoms with E-state index in [1.165, 1.54) is 0 Å². The first-order chi connectivity index (χ1) is 8.79. The molecule has 2 saturated heterocycles. The van der Waals surface area contributed by atoms with Gasteiger partial charge in [0.15, 0.2) is 5.78 Å². The first-order valence-electron chi connectivity index (χ1n) is 6.57. The zero-order valence-corrected chi connectivity index (χ0v) is 11.2. The van der Waals surface area contributed by atoms with Gasteiger partial charge < -0.3 is 9.15 Å². The number of carbonyl (C=O) groups is 1. The van der Waals surface area contributed by atoms with E-state index in [1.54, 1.807) is 18.6 Å². The number of carbonyl (C=O) groups excluding carboxylic acids is 1. The number of Topliss-reactive ketones (excluding diaryl/α,β-unsaturated/α-hetero) is 1. The topological polar surface area (TPSA) is 39.4 Å². The van der Waals surface area contributed by atoms with E-state index in [0.29, 0.717) is 5.56 Å². The molecule has 3 rings (SSSR count). The van der Waals surface area contributed by atoms with Gasteiger partial charge in [-0.1, -0.05) is 0 Å². The molecule has 1 aromatic rings. The van der Waals surface area contributed by atoms with E-state index < -0.39 is 0 Å². The minimum Gasteiger partial charge on any atom is -0.472 e. The van der Waals surface area contributed by atoms with Crippen LogP contribution in [0.25, 0.3) is 0 Å². The van der Waals surface area contributed by atoms with Crippen LogP contribution in [0, 0.1) is 5.92 Å². The summed E-state index contributed by atoms with van der Waals surface area (Å²) in [6.45, 7) is 0.721. The first kappa shape index (κ1) is 12.3. The molecule has 1 unspecified atom stereocenters. The van der Waals surface area contributed by atoms with Gasteiger partial charge in [-0.25, -0.2) is 0 Å². The van der Waals surface area contributed by atoms with Gasteiger partial charge in [0.25, 0.3) is 0 Å². The van der Waals surface area contributed by atoms with Gasteiger partial charge in [-0.3, -0.25) is 4.79 Å². The summed E-state index contributed by atoms with van der Waals surface area (Å²) in [6, 6.07) is 1.77. The molecule has 0 N–H and O–H groups in total. The van der Waals surface area contributed by atoms with Crippen LogP contribution in [0.5, 0.6) is 0 Å². The van der Waals surface area contributed by atoms with Crippen LogP contribution in [-0.4, -0.2) is 29.5 Å². The van der Waals surface area contributed by atoms with Crippen molar-refractivity contribution in [2.24, 2.45) is 5.92 Å². The predicted octanol–water partition coefficient (Wildman–Crippen LogP) is 3.15. The third-order valence-electron chi connectivity index (χ3n) is 4.07. The Bertz CT molecular complexity index is 401. The summed E-state index contributed by atoms with van der Waals surface area (Å²) >= 11 is 1.99. The van der Waals surface area contributed by atoms with Crippen molar-refractivity contribution < 1.29 is 13.9 Å². The molecule has 0 saturated carbocycles. The van der Waals surface area contributed by atoms with Crippen molar-refractivity contribution in [3.63, 3.8) is 0 Å². The first-order valence-corrected chi connectivity index (χ1v) is 7.73. The Hall–Kier alpha value is -0.740. The van der Waals surface area contributed by atoms with Crippen molar-refractivity contribution in [2.45, 2.75) is 31.3 Å². The average molecular weight is 266 g/mol. The molecule has 0 amide bonds. The average Bonchev–Trinajstić information content (AvgIpc) is 2.93. The highest BCUT2D eigenvalue weighted by atomic mass is 32.2. The molecule has 0 aromatic carbocycles. The van der Waals surface area contributed by atoms with Crippen molar-refractivity contribution in [3.8, 4) is 0 Å². The van der Waals surface area contributed by atoms with Crippen LogP contribution in [0.2, 0.25) is 0 Å². The maximum Gasteiger partial charge on any atom is 0.169 e. The molecule has 18 heavy (non-hydrogen) atoms. The number of ether oxygens (including phenoxy) is 1. The van der Waals surface area contributed by atoms with Crippen molar-refractivity contribution in [1.82, 2.24) is 0 Å². The van der Waals surface area contributed by atoms with Gasteiger partial charge in [0.05, 0.1) is 17.4 Å². The number of hydrogen-bond acceptors (Lipinski definition) is 4. The van der Waals surface area contributed by atoms with Gasteiger partial charge in [0, 0.05) is 12.5 Å². The lowest BCUT2D eigenvalue weighted by molar-refractivity contribution is -0.0959. The quantitative estimate of drug-likeness (QED) is 0.771. The lowest BCUT2D eigenvalue weighted by Gasteiger charge is -2.42. The maximum absolute atomic E-state index is 12.4.